The van der Waals surface area contributed by atoms with Crippen molar-refractivity contribution >= 4 is 11.6 Å². The van der Waals surface area contributed by atoms with Gasteiger partial charge < -0.3 is 5.73 Å². The van der Waals surface area contributed by atoms with Crippen molar-refractivity contribution in [3.05, 3.63) is 30.4 Å². The van der Waals surface area contributed by atoms with Crippen molar-refractivity contribution in [1.82, 2.24) is 14.4 Å². The van der Waals surface area contributed by atoms with Gasteiger partial charge in [0.1, 0.15) is 5.69 Å². The molecular formula is C9H10N4O. The van der Waals surface area contributed by atoms with E-state index in [1.807, 2.05) is 0 Å². The third-order valence-corrected chi connectivity index (χ3v) is 1.90. The first-order valence-corrected chi connectivity index (χ1v) is 4.28. The van der Waals surface area contributed by atoms with Crippen LogP contribution < -0.4 is 5.73 Å². The Morgan fingerprint density at radius 2 is 2.43 bits per heavy atom. The predicted molar refractivity (Wildman–Crippen MR) is 51.0 cm³/mol. The third-order valence-electron chi connectivity index (χ3n) is 1.90. The highest BCUT2D eigenvalue weighted by molar-refractivity contribution is 5.98. The molecule has 0 fully saturated rings. The van der Waals surface area contributed by atoms with Crippen LogP contribution in [-0.4, -0.2) is 26.2 Å². The number of nitrogens with two attached hydrogens (primary N) is 1. The molecule has 5 nitrogen and oxygen atoms in total. The molecule has 0 bridgehead atoms. The Morgan fingerprint density at radius 3 is 3.07 bits per heavy atom. The summed E-state index contributed by atoms with van der Waals surface area (Å²) in [6.07, 6.45) is 5.05. The van der Waals surface area contributed by atoms with Gasteiger partial charge in [0.15, 0.2) is 5.78 Å². The average molecular weight is 190 g/mol. The van der Waals surface area contributed by atoms with E-state index in [9.17, 15) is 4.79 Å². The quantitative estimate of drug-likeness (QED) is 0.689. The molecule has 0 aliphatic heterocycles. The van der Waals surface area contributed by atoms with E-state index in [1.54, 1.807) is 36.0 Å². The number of Topliss-reactive ketones (excluding diaryl/α,β-unsaturated/α-hetero) is 1. The van der Waals surface area contributed by atoms with E-state index >= 15 is 0 Å². The minimum absolute atomic E-state index is 0.171. The molecule has 5 heteroatoms. The molecule has 0 amide bonds. The second-order valence-corrected chi connectivity index (χ2v) is 3.11. The maximum Gasteiger partial charge on any atom is 0.234 e. The van der Waals surface area contributed by atoms with Gasteiger partial charge in [-0.1, -0.05) is 0 Å². The molecule has 2 rings (SSSR count). The summed E-state index contributed by atoms with van der Waals surface area (Å²) in [5, 5.41) is 0. The maximum atomic E-state index is 11.5. The highest BCUT2D eigenvalue weighted by Crippen LogP contribution is 2.03. The van der Waals surface area contributed by atoms with Crippen LogP contribution in [0.15, 0.2) is 24.7 Å². The number of aromatic nitrogens is 3. The number of rotatable bonds is 2. The Bertz CT molecular complexity index is 441. The zero-order chi connectivity index (χ0) is 10.1. The summed E-state index contributed by atoms with van der Waals surface area (Å²) in [5.41, 5.74) is 5.83. The van der Waals surface area contributed by atoms with E-state index in [0.717, 1.165) is 0 Å². The maximum absolute atomic E-state index is 11.5. The zero-order valence-electron chi connectivity index (χ0n) is 7.71. The van der Waals surface area contributed by atoms with Crippen molar-refractivity contribution in [2.45, 2.75) is 13.0 Å². The lowest BCUT2D eigenvalue weighted by Crippen LogP contribution is -2.26. The summed E-state index contributed by atoms with van der Waals surface area (Å²) in [7, 11) is 0. The smallest absolute Gasteiger partial charge is 0.234 e. The lowest BCUT2D eigenvalue weighted by molar-refractivity contribution is 0.0963. The molecule has 0 radical (unpaired) electrons. The number of ketones is 1. The van der Waals surface area contributed by atoms with Crippen molar-refractivity contribution in [1.29, 1.82) is 0 Å². The van der Waals surface area contributed by atoms with Gasteiger partial charge in [0, 0.05) is 18.6 Å². The minimum atomic E-state index is -0.528. The second kappa shape index (κ2) is 3.19. The fourth-order valence-corrected chi connectivity index (χ4v) is 1.18. The summed E-state index contributed by atoms with van der Waals surface area (Å²) in [4.78, 5) is 19.5. The van der Waals surface area contributed by atoms with E-state index < -0.39 is 6.04 Å². The highest BCUT2D eigenvalue weighted by atomic mass is 16.1. The van der Waals surface area contributed by atoms with Crippen LogP contribution in [0.3, 0.4) is 0 Å². The number of imidazole rings is 1. The first-order chi connectivity index (χ1) is 6.68. The number of carbonyl (C=O) groups is 1. The molecule has 0 saturated heterocycles. The fraction of sp³-hybridized carbons (Fsp3) is 0.222. The molecule has 72 valence electrons. The summed E-state index contributed by atoms with van der Waals surface area (Å²) in [6.45, 7) is 1.64. The predicted octanol–water partition coefficient (Wildman–Crippen LogP) is 0.259. The summed E-state index contributed by atoms with van der Waals surface area (Å²) < 4.78 is 1.69. The van der Waals surface area contributed by atoms with Crippen LogP contribution in [0.1, 0.15) is 17.4 Å². The number of hydrogen-bond donors (Lipinski definition) is 1. The summed E-state index contributed by atoms with van der Waals surface area (Å²) in [5.74, 6) is 0.340. The molecule has 0 aromatic carbocycles. The molecule has 0 aliphatic carbocycles. The Labute approximate surface area is 80.6 Å². The Hall–Kier alpha value is -1.75. The van der Waals surface area contributed by atoms with Gasteiger partial charge in [0.05, 0.1) is 6.04 Å². The van der Waals surface area contributed by atoms with Gasteiger partial charge in [-0.2, -0.15) is 0 Å². The van der Waals surface area contributed by atoms with E-state index in [2.05, 4.69) is 9.97 Å². The van der Waals surface area contributed by atoms with E-state index in [1.165, 1.54) is 0 Å². The highest BCUT2D eigenvalue weighted by Gasteiger charge is 2.14. The van der Waals surface area contributed by atoms with Gasteiger partial charge in [-0.25, -0.2) is 9.97 Å². The average Bonchev–Trinajstić information content (AvgIpc) is 2.59. The van der Waals surface area contributed by atoms with Gasteiger partial charge in [0.2, 0.25) is 5.78 Å². The fourth-order valence-electron chi connectivity index (χ4n) is 1.18. The van der Waals surface area contributed by atoms with Crippen LogP contribution in [0, 0.1) is 0 Å². The van der Waals surface area contributed by atoms with Crippen LogP contribution in [0.25, 0.3) is 5.78 Å². The third kappa shape index (κ3) is 1.38. The minimum Gasteiger partial charge on any atom is -0.321 e. The van der Waals surface area contributed by atoms with Gasteiger partial charge >= 0.3 is 0 Å². The van der Waals surface area contributed by atoms with Gasteiger partial charge in [-0.15, -0.1) is 0 Å². The molecule has 0 aliphatic rings. The number of carbonyl (C=O) groups excluding carboxylic acids is 1. The first kappa shape index (κ1) is 8.83. The van der Waals surface area contributed by atoms with Crippen molar-refractivity contribution in [2.24, 2.45) is 5.73 Å². The molecule has 0 saturated carbocycles. The lowest BCUT2D eigenvalue weighted by Gasteiger charge is -1.97. The Morgan fingerprint density at radius 1 is 1.64 bits per heavy atom. The molecule has 0 spiro atoms. The molecule has 2 aromatic heterocycles. The van der Waals surface area contributed by atoms with Gasteiger partial charge in [0.25, 0.3) is 0 Å². The number of nitrogens with zero attached hydrogens (tertiary/aromatic N) is 3. The van der Waals surface area contributed by atoms with E-state index in [0.29, 0.717) is 11.5 Å². The number of fused-ring (bicyclic) bond motifs is 1. The van der Waals surface area contributed by atoms with E-state index in [4.69, 9.17) is 5.73 Å². The largest absolute Gasteiger partial charge is 0.321 e. The number of hydrogen-bond acceptors (Lipinski definition) is 4. The molecule has 2 heterocycles. The Kier molecular flexibility index (Phi) is 2.01. The molecule has 1 atom stereocenters. The molecule has 2 aromatic rings. The first-order valence-electron chi connectivity index (χ1n) is 4.28. The van der Waals surface area contributed by atoms with E-state index in [-0.39, 0.29) is 5.78 Å². The standard InChI is InChI=1S/C9H10N4O/c1-6(10)8(14)7-5-13-4-2-3-11-9(13)12-7/h2-6H,10H2,1H3. The molecular weight excluding hydrogens is 180 g/mol. The SMILES string of the molecule is CC(N)C(=O)c1cn2cccnc2n1. The summed E-state index contributed by atoms with van der Waals surface area (Å²) >= 11 is 0. The zero-order valence-corrected chi connectivity index (χ0v) is 7.71. The van der Waals surface area contributed by atoms with Crippen molar-refractivity contribution in [2.75, 3.05) is 0 Å². The van der Waals surface area contributed by atoms with Crippen LogP contribution in [0.5, 0.6) is 0 Å². The van der Waals surface area contributed by atoms with Crippen LogP contribution in [0.2, 0.25) is 0 Å². The van der Waals surface area contributed by atoms with Crippen LogP contribution in [-0.2, 0) is 0 Å². The molecule has 14 heavy (non-hydrogen) atoms. The van der Waals surface area contributed by atoms with Crippen molar-refractivity contribution < 1.29 is 4.79 Å². The van der Waals surface area contributed by atoms with Crippen LogP contribution in [0.4, 0.5) is 0 Å². The molecule has 1 unspecified atom stereocenters. The van der Waals surface area contributed by atoms with Crippen molar-refractivity contribution in [3.8, 4) is 0 Å². The molecule has 2 N–H and O–H groups in total. The second-order valence-electron chi connectivity index (χ2n) is 3.11. The topological polar surface area (TPSA) is 73.3 Å². The monoisotopic (exact) mass is 190 g/mol. The van der Waals surface area contributed by atoms with Crippen LogP contribution >= 0.6 is 0 Å². The normalized spacial score (nSPS) is 13.0. The lowest BCUT2D eigenvalue weighted by atomic mass is 10.2. The van der Waals surface area contributed by atoms with Gasteiger partial charge in [-0.3, -0.25) is 9.20 Å². The van der Waals surface area contributed by atoms with Crippen molar-refractivity contribution in [3.63, 3.8) is 0 Å². The Balaban J connectivity index is 2.50. The van der Waals surface area contributed by atoms with Gasteiger partial charge in [-0.05, 0) is 13.0 Å². The summed E-state index contributed by atoms with van der Waals surface area (Å²) in [6, 6.07) is 1.24.